The van der Waals surface area contributed by atoms with Crippen molar-refractivity contribution in [2.75, 3.05) is 68.8 Å². The summed E-state index contributed by atoms with van der Waals surface area (Å²) in [5.41, 5.74) is 7.45. The Hall–Kier alpha value is -3.55. The summed E-state index contributed by atoms with van der Waals surface area (Å²) < 4.78 is 5.39. The molecular formula is C28H29ClN6O. The number of aromatic nitrogens is 2. The molecule has 0 saturated carbocycles. The number of methoxy groups -OCH3 is 1. The molecule has 8 heteroatoms. The zero-order valence-electron chi connectivity index (χ0n) is 20.8. The highest BCUT2D eigenvalue weighted by molar-refractivity contribution is 6.33. The lowest BCUT2D eigenvalue weighted by Gasteiger charge is -2.34. The van der Waals surface area contributed by atoms with Gasteiger partial charge in [0.2, 0.25) is 0 Å². The molecule has 1 saturated heterocycles. The van der Waals surface area contributed by atoms with Gasteiger partial charge in [-0.3, -0.25) is 9.97 Å². The van der Waals surface area contributed by atoms with E-state index in [0.29, 0.717) is 0 Å². The third-order valence-electron chi connectivity index (χ3n) is 7.22. The summed E-state index contributed by atoms with van der Waals surface area (Å²) in [6.07, 6.45) is 5.54. The van der Waals surface area contributed by atoms with Gasteiger partial charge in [0.1, 0.15) is 5.75 Å². The van der Waals surface area contributed by atoms with Crippen molar-refractivity contribution in [1.82, 2.24) is 14.9 Å². The maximum atomic E-state index is 6.87. The van der Waals surface area contributed by atoms with E-state index in [9.17, 15) is 0 Å². The van der Waals surface area contributed by atoms with Crippen molar-refractivity contribution in [1.29, 1.82) is 0 Å². The lowest BCUT2D eigenvalue weighted by atomic mass is 10.0. The van der Waals surface area contributed by atoms with Crippen molar-refractivity contribution in [3.63, 3.8) is 0 Å². The van der Waals surface area contributed by atoms with E-state index in [1.807, 2.05) is 18.5 Å². The molecule has 0 aliphatic carbocycles. The molecule has 4 aromatic rings. The number of hydrogen-bond donors (Lipinski definition) is 0. The number of pyridine rings is 2. The minimum Gasteiger partial charge on any atom is -0.495 e. The van der Waals surface area contributed by atoms with Crippen LogP contribution in [0.1, 0.15) is 0 Å². The normalized spacial score (nSPS) is 16.1. The molecule has 0 amide bonds. The Kier molecular flexibility index (Phi) is 5.82. The van der Waals surface area contributed by atoms with E-state index >= 15 is 0 Å². The van der Waals surface area contributed by atoms with Gasteiger partial charge in [0, 0.05) is 56.1 Å². The SMILES string of the molecule is COc1cncc(-c2ccc3ncc4c(c3c2)N(c2ccc(N3CCN(C)CC3)c(Cl)c2)CN4C)c1. The first kappa shape index (κ1) is 22.9. The zero-order chi connectivity index (χ0) is 24.8. The van der Waals surface area contributed by atoms with E-state index in [-0.39, 0.29) is 0 Å². The van der Waals surface area contributed by atoms with Crippen LogP contribution in [0.5, 0.6) is 5.75 Å². The largest absolute Gasteiger partial charge is 0.495 e. The standard InChI is InChI=1S/C28H29ClN6O/c1-32-8-10-34(11-9-32)26-7-5-21(14-24(26)29)35-18-33(2)27-17-31-25-6-4-19(13-23(25)28(27)35)20-12-22(36-3)16-30-15-20/h4-7,12-17H,8-11,18H2,1-3H3. The van der Waals surface area contributed by atoms with Crippen LogP contribution in [0.2, 0.25) is 5.02 Å². The van der Waals surface area contributed by atoms with Crippen LogP contribution in [0, 0.1) is 0 Å². The van der Waals surface area contributed by atoms with E-state index in [1.54, 1.807) is 13.3 Å². The molecule has 2 aromatic carbocycles. The highest BCUT2D eigenvalue weighted by atomic mass is 35.5. The van der Waals surface area contributed by atoms with Crippen LogP contribution in [0.25, 0.3) is 22.0 Å². The Morgan fingerprint density at radius 1 is 0.861 bits per heavy atom. The molecule has 2 aromatic heterocycles. The fraction of sp³-hybridized carbons (Fsp3) is 0.286. The van der Waals surface area contributed by atoms with Crippen molar-refractivity contribution in [2.24, 2.45) is 0 Å². The van der Waals surface area contributed by atoms with Gasteiger partial charge in [0.15, 0.2) is 0 Å². The number of anilines is 4. The molecule has 0 unspecified atom stereocenters. The molecule has 0 spiro atoms. The Balaban J connectivity index is 1.41. The highest BCUT2D eigenvalue weighted by Crippen LogP contribution is 2.46. The Bertz CT molecular complexity index is 1440. The lowest BCUT2D eigenvalue weighted by molar-refractivity contribution is 0.313. The number of likely N-dealkylation sites (N-methyl/N-ethyl adjacent to an activating group) is 1. The summed E-state index contributed by atoms with van der Waals surface area (Å²) in [5, 5.41) is 1.88. The molecule has 2 aliphatic heterocycles. The molecule has 6 rings (SSSR count). The zero-order valence-corrected chi connectivity index (χ0v) is 21.5. The van der Waals surface area contributed by atoms with Crippen LogP contribution in [0.4, 0.5) is 22.7 Å². The van der Waals surface area contributed by atoms with E-state index in [1.165, 1.54) is 0 Å². The third-order valence-corrected chi connectivity index (χ3v) is 7.53. The maximum absolute atomic E-state index is 6.87. The van der Waals surface area contributed by atoms with Crippen molar-refractivity contribution in [3.8, 4) is 16.9 Å². The number of ether oxygens (including phenoxy) is 1. The van der Waals surface area contributed by atoms with Gasteiger partial charge in [-0.05, 0) is 49.0 Å². The fourth-order valence-corrected chi connectivity index (χ4v) is 5.43. The smallest absolute Gasteiger partial charge is 0.137 e. The molecule has 184 valence electrons. The second-order valence-corrected chi connectivity index (χ2v) is 9.94. The minimum atomic E-state index is 0.727. The van der Waals surface area contributed by atoms with Gasteiger partial charge in [-0.25, -0.2) is 0 Å². The number of nitrogens with zero attached hydrogens (tertiary/aromatic N) is 6. The number of benzene rings is 2. The predicted molar refractivity (Wildman–Crippen MR) is 148 cm³/mol. The molecular weight excluding hydrogens is 472 g/mol. The van der Waals surface area contributed by atoms with E-state index in [0.717, 1.165) is 88.4 Å². The minimum absolute atomic E-state index is 0.727. The lowest BCUT2D eigenvalue weighted by Crippen LogP contribution is -2.44. The van der Waals surface area contributed by atoms with Crippen LogP contribution in [0.3, 0.4) is 0 Å². The summed E-state index contributed by atoms with van der Waals surface area (Å²) >= 11 is 6.87. The van der Waals surface area contributed by atoms with Gasteiger partial charge in [0.05, 0.1) is 53.8 Å². The molecule has 0 atom stereocenters. The number of halogens is 1. The summed E-state index contributed by atoms with van der Waals surface area (Å²) in [7, 11) is 5.92. The number of piperazine rings is 1. The molecule has 0 bridgehead atoms. The van der Waals surface area contributed by atoms with Gasteiger partial charge < -0.3 is 24.3 Å². The van der Waals surface area contributed by atoms with Crippen molar-refractivity contribution >= 4 is 45.3 Å². The first-order valence-corrected chi connectivity index (χ1v) is 12.5. The Morgan fingerprint density at radius 2 is 1.69 bits per heavy atom. The van der Waals surface area contributed by atoms with Crippen LogP contribution in [-0.2, 0) is 0 Å². The predicted octanol–water partition coefficient (Wildman–Crippen LogP) is 5.26. The summed E-state index contributed by atoms with van der Waals surface area (Å²) in [6, 6.07) is 14.8. The third kappa shape index (κ3) is 3.98. The van der Waals surface area contributed by atoms with E-state index < -0.39 is 0 Å². The second kappa shape index (κ2) is 9.15. The number of rotatable bonds is 4. The van der Waals surface area contributed by atoms with Crippen molar-refractivity contribution in [3.05, 3.63) is 66.1 Å². The topological polar surface area (TPSA) is 48.0 Å². The highest BCUT2D eigenvalue weighted by Gasteiger charge is 2.28. The summed E-state index contributed by atoms with van der Waals surface area (Å²) in [5.74, 6) is 0.737. The fourth-order valence-electron chi connectivity index (χ4n) is 5.14. The summed E-state index contributed by atoms with van der Waals surface area (Å²) in [6.45, 7) is 4.80. The van der Waals surface area contributed by atoms with Gasteiger partial charge >= 0.3 is 0 Å². The van der Waals surface area contributed by atoms with Crippen LogP contribution in [-0.4, -0.2) is 68.9 Å². The molecule has 7 nitrogen and oxygen atoms in total. The monoisotopic (exact) mass is 500 g/mol. The van der Waals surface area contributed by atoms with Gasteiger partial charge in [0.25, 0.3) is 0 Å². The molecule has 0 N–H and O–H groups in total. The van der Waals surface area contributed by atoms with Crippen molar-refractivity contribution in [2.45, 2.75) is 0 Å². The average molecular weight is 501 g/mol. The van der Waals surface area contributed by atoms with Gasteiger partial charge in [-0.2, -0.15) is 0 Å². The number of fused-ring (bicyclic) bond motifs is 3. The first-order valence-electron chi connectivity index (χ1n) is 12.2. The van der Waals surface area contributed by atoms with Crippen molar-refractivity contribution < 1.29 is 4.74 Å². The van der Waals surface area contributed by atoms with Gasteiger partial charge in [-0.1, -0.05) is 17.7 Å². The maximum Gasteiger partial charge on any atom is 0.137 e. The second-order valence-electron chi connectivity index (χ2n) is 9.53. The Labute approximate surface area is 216 Å². The van der Waals surface area contributed by atoms with Crippen LogP contribution in [0.15, 0.2) is 61.1 Å². The average Bonchev–Trinajstić information content (AvgIpc) is 3.26. The van der Waals surface area contributed by atoms with Crippen LogP contribution >= 0.6 is 11.6 Å². The molecule has 4 heterocycles. The van der Waals surface area contributed by atoms with Gasteiger partial charge in [-0.15, -0.1) is 0 Å². The van der Waals surface area contributed by atoms with Crippen LogP contribution < -0.4 is 19.4 Å². The summed E-state index contributed by atoms with van der Waals surface area (Å²) in [4.78, 5) is 18.4. The quantitative estimate of drug-likeness (QED) is 0.379. The molecule has 2 aliphatic rings. The first-order chi connectivity index (χ1) is 17.5. The van der Waals surface area contributed by atoms with E-state index in [2.05, 4.69) is 75.1 Å². The Morgan fingerprint density at radius 3 is 2.47 bits per heavy atom. The number of hydrogen-bond acceptors (Lipinski definition) is 7. The molecule has 36 heavy (non-hydrogen) atoms. The van der Waals surface area contributed by atoms with E-state index in [4.69, 9.17) is 21.3 Å². The molecule has 0 radical (unpaired) electrons. The molecule has 1 fully saturated rings.